The predicted molar refractivity (Wildman–Crippen MR) is 79.2 cm³/mol. The summed E-state index contributed by atoms with van der Waals surface area (Å²) in [5, 5.41) is 3.46. The Kier molecular flexibility index (Phi) is 3.87. The van der Waals surface area contributed by atoms with E-state index in [0.29, 0.717) is 0 Å². The van der Waals surface area contributed by atoms with Crippen molar-refractivity contribution in [3.05, 3.63) is 34.9 Å². The van der Waals surface area contributed by atoms with Crippen LogP contribution in [-0.4, -0.2) is 49.6 Å². The van der Waals surface area contributed by atoms with Crippen LogP contribution >= 0.6 is 0 Å². The molecule has 1 saturated heterocycles. The Morgan fingerprint density at radius 1 is 1.32 bits per heavy atom. The molecular formula is C16H25N3. The maximum Gasteiger partial charge on any atom is 0.0234 e. The highest BCUT2D eigenvalue weighted by Gasteiger charge is 2.23. The lowest BCUT2D eigenvalue weighted by molar-refractivity contribution is 0.264. The Hall–Kier alpha value is -0.900. The third-order valence-corrected chi connectivity index (χ3v) is 4.54. The van der Waals surface area contributed by atoms with Gasteiger partial charge in [-0.25, -0.2) is 0 Å². The van der Waals surface area contributed by atoms with Crippen LogP contribution in [0.2, 0.25) is 0 Å². The Bertz CT molecular complexity index is 442. The number of fused-ring (bicyclic) bond motifs is 1. The Balaban J connectivity index is 1.64. The van der Waals surface area contributed by atoms with Crippen LogP contribution in [0.4, 0.5) is 0 Å². The Morgan fingerprint density at radius 2 is 2.21 bits per heavy atom. The first-order valence-electron chi connectivity index (χ1n) is 7.42. The molecule has 1 aromatic carbocycles. The van der Waals surface area contributed by atoms with E-state index in [9.17, 15) is 0 Å². The van der Waals surface area contributed by atoms with Crippen LogP contribution in [0.5, 0.6) is 0 Å². The third kappa shape index (κ3) is 2.99. The molecule has 3 rings (SSSR count). The normalized spacial score (nSPS) is 23.8. The molecule has 2 aliphatic rings. The largest absolute Gasteiger partial charge is 0.312 e. The molecule has 0 spiro atoms. The molecule has 1 N–H and O–H groups in total. The fourth-order valence-corrected chi connectivity index (χ4v) is 3.27. The van der Waals surface area contributed by atoms with Gasteiger partial charge >= 0.3 is 0 Å². The van der Waals surface area contributed by atoms with Gasteiger partial charge in [-0.05, 0) is 50.2 Å². The molecule has 1 unspecified atom stereocenters. The monoisotopic (exact) mass is 259 g/mol. The zero-order valence-corrected chi connectivity index (χ0v) is 12.2. The van der Waals surface area contributed by atoms with Crippen molar-refractivity contribution in [2.24, 2.45) is 0 Å². The van der Waals surface area contributed by atoms with Gasteiger partial charge in [0.25, 0.3) is 0 Å². The zero-order chi connectivity index (χ0) is 13.2. The Morgan fingerprint density at radius 3 is 3.00 bits per heavy atom. The SMILES string of the molecule is CN(C)C1CCN(Cc2ccc3c(c2)CNCC3)C1. The fourth-order valence-electron chi connectivity index (χ4n) is 3.27. The van der Waals surface area contributed by atoms with Gasteiger partial charge in [0.1, 0.15) is 0 Å². The minimum Gasteiger partial charge on any atom is -0.312 e. The minimum absolute atomic E-state index is 0.735. The maximum absolute atomic E-state index is 3.46. The van der Waals surface area contributed by atoms with E-state index in [1.54, 1.807) is 0 Å². The van der Waals surface area contributed by atoms with E-state index in [1.807, 2.05) is 0 Å². The molecule has 1 aromatic rings. The standard InChI is InChI=1S/C16H25N3/c1-18(2)16-6-8-19(12-16)11-13-3-4-14-5-7-17-10-15(14)9-13/h3-4,9,16-17H,5-8,10-12H2,1-2H3. The van der Waals surface area contributed by atoms with E-state index in [1.165, 1.54) is 42.6 Å². The number of hydrogen-bond donors (Lipinski definition) is 1. The summed E-state index contributed by atoms with van der Waals surface area (Å²) in [6, 6.07) is 7.81. The summed E-state index contributed by atoms with van der Waals surface area (Å²) in [6.45, 7) is 5.73. The molecule has 2 aliphatic heterocycles. The van der Waals surface area contributed by atoms with Crippen LogP contribution in [0, 0.1) is 0 Å². The number of rotatable bonds is 3. The van der Waals surface area contributed by atoms with Crippen LogP contribution in [-0.2, 0) is 19.5 Å². The van der Waals surface area contributed by atoms with Crippen molar-refractivity contribution in [1.29, 1.82) is 0 Å². The van der Waals surface area contributed by atoms with Crippen LogP contribution in [0.3, 0.4) is 0 Å². The van der Waals surface area contributed by atoms with Crippen molar-refractivity contribution in [3.63, 3.8) is 0 Å². The van der Waals surface area contributed by atoms with E-state index in [4.69, 9.17) is 0 Å². The molecule has 2 heterocycles. The molecule has 0 aliphatic carbocycles. The van der Waals surface area contributed by atoms with Gasteiger partial charge in [0.05, 0.1) is 0 Å². The second-order valence-corrected chi connectivity index (χ2v) is 6.17. The lowest BCUT2D eigenvalue weighted by Gasteiger charge is -2.22. The van der Waals surface area contributed by atoms with Crippen LogP contribution in [0.25, 0.3) is 0 Å². The molecule has 19 heavy (non-hydrogen) atoms. The fraction of sp³-hybridized carbons (Fsp3) is 0.625. The molecule has 104 valence electrons. The van der Waals surface area contributed by atoms with Gasteiger partial charge < -0.3 is 10.2 Å². The van der Waals surface area contributed by atoms with Crippen LogP contribution < -0.4 is 5.32 Å². The summed E-state index contributed by atoms with van der Waals surface area (Å²) in [4.78, 5) is 4.94. The molecule has 0 bridgehead atoms. The van der Waals surface area contributed by atoms with Crippen LogP contribution in [0.1, 0.15) is 23.1 Å². The van der Waals surface area contributed by atoms with Gasteiger partial charge in [-0.15, -0.1) is 0 Å². The molecule has 3 heteroatoms. The average molecular weight is 259 g/mol. The Labute approximate surface area is 116 Å². The highest BCUT2D eigenvalue weighted by Crippen LogP contribution is 2.20. The minimum atomic E-state index is 0.735. The summed E-state index contributed by atoms with van der Waals surface area (Å²) >= 11 is 0. The molecule has 1 atom stereocenters. The van der Waals surface area contributed by atoms with Crippen molar-refractivity contribution in [2.45, 2.75) is 32.0 Å². The summed E-state index contributed by atoms with van der Waals surface area (Å²) in [6.07, 6.45) is 2.49. The zero-order valence-electron chi connectivity index (χ0n) is 12.2. The number of nitrogens with one attached hydrogen (secondary N) is 1. The first-order valence-corrected chi connectivity index (χ1v) is 7.42. The molecule has 0 radical (unpaired) electrons. The molecule has 0 saturated carbocycles. The van der Waals surface area contributed by atoms with Crippen molar-refractivity contribution in [3.8, 4) is 0 Å². The van der Waals surface area contributed by atoms with Gasteiger partial charge in [-0.2, -0.15) is 0 Å². The van der Waals surface area contributed by atoms with Crippen molar-refractivity contribution in [2.75, 3.05) is 33.7 Å². The summed E-state index contributed by atoms with van der Waals surface area (Å²) in [7, 11) is 4.39. The maximum atomic E-state index is 3.46. The quantitative estimate of drug-likeness (QED) is 0.887. The van der Waals surface area contributed by atoms with Crippen molar-refractivity contribution >= 4 is 0 Å². The van der Waals surface area contributed by atoms with E-state index in [0.717, 1.165) is 25.7 Å². The average Bonchev–Trinajstić information content (AvgIpc) is 2.87. The van der Waals surface area contributed by atoms with E-state index < -0.39 is 0 Å². The topological polar surface area (TPSA) is 18.5 Å². The lowest BCUT2D eigenvalue weighted by atomic mass is 9.98. The number of benzene rings is 1. The first kappa shape index (κ1) is 13.1. The smallest absolute Gasteiger partial charge is 0.0234 e. The van der Waals surface area contributed by atoms with Crippen molar-refractivity contribution < 1.29 is 0 Å². The lowest BCUT2D eigenvalue weighted by Crippen LogP contribution is -2.31. The second-order valence-electron chi connectivity index (χ2n) is 6.17. The van der Waals surface area contributed by atoms with E-state index in [-0.39, 0.29) is 0 Å². The number of likely N-dealkylation sites (N-methyl/N-ethyl adjacent to an activating group) is 1. The molecule has 0 aromatic heterocycles. The highest BCUT2D eigenvalue weighted by molar-refractivity contribution is 5.33. The van der Waals surface area contributed by atoms with E-state index in [2.05, 4.69) is 47.4 Å². The third-order valence-electron chi connectivity index (χ3n) is 4.54. The first-order chi connectivity index (χ1) is 9.22. The molecule has 0 amide bonds. The highest BCUT2D eigenvalue weighted by atomic mass is 15.2. The van der Waals surface area contributed by atoms with Crippen LogP contribution in [0.15, 0.2) is 18.2 Å². The van der Waals surface area contributed by atoms with Gasteiger partial charge in [-0.3, -0.25) is 4.90 Å². The summed E-state index contributed by atoms with van der Waals surface area (Å²) in [5.74, 6) is 0. The van der Waals surface area contributed by atoms with Gasteiger partial charge in [-0.1, -0.05) is 18.2 Å². The van der Waals surface area contributed by atoms with E-state index >= 15 is 0 Å². The van der Waals surface area contributed by atoms with Gasteiger partial charge in [0.15, 0.2) is 0 Å². The molecule has 3 nitrogen and oxygen atoms in total. The summed E-state index contributed by atoms with van der Waals surface area (Å²) in [5.41, 5.74) is 4.52. The number of likely N-dealkylation sites (tertiary alicyclic amines) is 1. The van der Waals surface area contributed by atoms with Gasteiger partial charge in [0, 0.05) is 32.2 Å². The number of nitrogens with zero attached hydrogens (tertiary/aromatic N) is 2. The second kappa shape index (κ2) is 5.61. The number of hydrogen-bond acceptors (Lipinski definition) is 3. The molecule has 1 fully saturated rings. The predicted octanol–water partition coefficient (Wildman–Crippen LogP) is 1.47. The van der Waals surface area contributed by atoms with Crippen molar-refractivity contribution in [1.82, 2.24) is 15.1 Å². The summed E-state index contributed by atoms with van der Waals surface area (Å²) < 4.78 is 0. The molecular weight excluding hydrogens is 234 g/mol. The van der Waals surface area contributed by atoms with Gasteiger partial charge in [0.2, 0.25) is 0 Å².